The highest BCUT2D eigenvalue weighted by Gasteiger charge is 2.41. The summed E-state index contributed by atoms with van der Waals surface area (Å²) in [5.74, 6) is -0.871. The normalized spacial score (nSPS) is 15.5. The summed E-state index contributed by atoms with van der Waals surface area (Å²) in [5.41, 5.74) is 5.44. The lowest BCUT2D eigenvalue weighted by atomic mass is 10.1. The van der Waals surface area contributed by atoms with Crippen LogP contribution in [0.25, 0.3) is 6.08 Å². The Balaban J connectivity index is 1.32. The molecule has 2 heterocycles. The Morgan fingerprint density at radius 1 is 0.833 bits per heavy atom. The van der Waals surface area contributed by atoms with Crippen molar-refractivity contribution in [2.24, 2.45) is 0 Å². The number of anilines is 3. The molecule has 0 aliphatic carbocycles. The van der Waals surface area contributed by atoms with Crippen molar-refractivity contribution in [2.75, 3.05) is 23.5 Å². The predicted molar refractivity (Wildman–Crippen MR) is 166 cm³/mol. The van der Waals surface area contributed by atoms with Crippen LogP contribution in [0.4, 0.5) is 17.1 Å². The fourth-order valence-corrected chi connectivity index (χ4v) is 6.13. The van der Waals surface area contributed by atoms with Crippen molar-refractivity contribution in [3.05, 3.63) is 114 Å². The van der Waals surface area contributed by atoms with Gasteiger partial charge in [0.1, 0.15) is 11.3 Å². The van der Waals surface area contributed by atoms with Crippen molar-refractivity contribution in [3.63, 3.8) is 0 Å². The van der Waals surface area contributed by atoms with Crippen molar-refractivity contribution >= 4 is 70.0 Å². The Morgan fingerprint density at radius 3 is 2.05 bits per heavy atom. The average molecular weight is 593 g/mol. The molecule has 0 bridgehead atoms. The zero-order chi connectivity index (χ0) is 29.2. The van der Waals surface area contributed by atoms with Gasteiger partial charge in [0.05, 0.1) is 30.7 Å². The highest BCUT2D eigenvalue weighted by Crippen LogP contribution is 2.47. The van der Waals surface area contributed by atoms with E-state index in [9.17, 15) is 14.4 Å². The van der Waals surface area contributed by atoms with Crippen LogP contribution >= 0.6 is 24.0 Å². The number of para-hydroxylation sites is 3. The Hall–Kier alpha value is -4.77. The summed E-state index contributed by atoms with van der Waals surface area (Å²) in [6.45, 7) is -0.258. The van der Waals surface area contributed by atoms with Crippen molar-refractivity contribution in [3.8, 4) is 5.75 Å². The fraction of sp³-hybridized carbons (Fsp3) is 0.0625. The topological polar surface area (TPSA) is 82.2 Å². The zero-order valence-corrected chi connectivity index (χ0v) is 24.0. The minimum absolute atomic E-state index is 0.0779. The molecule has 1 saturated heterocycles. The summed E-state index contributed by atoms with van der Waals surface area (Å²) in [6, 6.07) is 31.1. The SMILES string of the molecule is COc1ccc(C=C2C(=O)N(NCC(=O)N3c4ccccc4Sc4ccccc43)C(=S)N(c3ccccc3)C2=O)cc1. The van der Waals surface area contributed by atoms with Gasteiger partial charge in [-0.2, -0.15) is 0 Å². The molecule has 0 spiro atoms. The van der Waals surface area contributed by atoms with Gasteiger partial charge in [-0.15, -0.1) is 0 Å². The Kier molecular flexibility index (Phi) is 7.58. The van der Waals surface area contributed by atoms with Gasteiger partial charge in [-0.1, -0.05) is 66.4 Å². The maximum absolute atomic E-state index is 13.8. The van der Waals surface area contributed by atoms with E-state index in [-0.39, 0.29) is 23.1 Å². The van der Waals surface area contributed by atoms with Gasteiger partial charge in [0.25, 0.3) is 11.8 Å². The van der Waals surface area contributed by atoms with Crippen molar-refractivity contribution in [2.45, 2.75) is 9.79 Å². The lowest BCUT2D eigenvalue weighted by molar-refractivity contribution is -0.130. The number of nitrogens with one attached hydrogen (secondary N) is 1. The molecule has 42 heavy (non-hydrogen) atoms. The van der Waals surface area contributed by atoms with Crippen LogP contribution in [0.5, 0.6) is 5.75 Å². The van der Waals surface area contributed by atoms with E-state index in [2.05, 4.69) is 5.43 Å². The number of methoxy groups -OCH3 is 1. The van der Waals surface area contributed by atoms with Crippen LogP contribution in [0.3, 0.4) is 0 Å². The van der Waals surface area contributed by atoms with Crippen molar-refractivity contribution in [1.82, 2.24) is 10.4 Å². The highest BCUT2D eigenvalue weighted by molar-refractivity contribution is 7.99. The number of thiocarbonyl (C=S) groups is 1. The van der Waals surface area contributed by atoms with Crippen LogP contribution in [-0.4, -0.2) is 41.5 Å². The molecule has 4 aromatic carbocycles. The summed E-state index contributed by atoms with van der Waals surface area (Å²) < 4.78 is 5.22. The minimum atomic E-state index is -0.657. The standard InChI is InChI=1S/C32H24N4O4S2/c1-40-23-17-15-21(16-18-23)19-24-30(38)34(22-9-3-2-4-10-22)32(41)36(31(24)39)33-20-29(37)35-25-11-5-7-13-27(25)42-28-14-8-6-12-26(28)35/h2-19,33H,20H2,1H3. The van der Waals surface area contributed by atoms with Gasteiger partial charge in [0.2, 0.25) is 11.0 Å². The van der Waals surface area contributed by atoms with Crippen LogP contribution in [-0.2, 0) is 14.4 Å². The van der Waals surface area contributed by atoms with E-state index in [0.29, 0.717) is 17.0 Å². The molecule has 3 amide bonds. The summed E-state index contributed by atoms with van der Waals surface area (Å²) in [6.07, 6.45) is 1.51. The first-order valence-electron chi connectivity index (χ1n) is 13.0. The molecule has 8 nitrogen and oxygen atoms in total. The molecule has 0 unspecified atom stereocenters. The summed E-state index contributed by atoms with van der Waals surface area (Å²) in [7, 11) is 1.56. The molecule has 0 radical (unpaired) electrons. The Bertz CT molecular complexity index is 1700. The third-order valence-corrected chi connectivity index (χ3v) is 8.26. The van der Waals surface area contributed by atoms with Gasteiger partial charge in [0.15, 0.2) is 0 Å². The lowest BCUT2D eigenvalue weighted by Gasteiger charge is -2.37. The molecular weight excluding hydrogens is 569 g/mol. The molecule has 0 aromatic heterocycles. The molecule has 0 atom stereocenters. The molecular formula is C32H24N4O4S2. The Morgan fingerprint density at radius 2 is 1.43 bits per heavy atom. The van der Waals surface area contributed by atoms with Crippen LogP contribution in [0.15, 0.2) is 118 Å². The van der Waals surface area contributed by atoms with Crippen LogP contribution in [0, 0.1) is 0 Å². The average Bonchev–Trinajstić information content (AvgIpc) is 3.02. The van der Waals surface area contributed by atoms with Crippen LogP contribution in [0.2, 0.25) is 0 Å². The second-order valence-corrected chi connectivity index (χ2v) is 10.8. The predicted octanol–water partition coefficient (Wildman–Crippen LogP) is 5.57. The van der Waals surface area contributed by atoms with Gasteiger partial charge in [-0.05, 0) is 72.4 Å². The number of hydrazine groups is 1. The number of hydrogen-bond donors (Lipinski definition) is 1. The number of fused-ring (bicyclic) bond motifs is 2. The molecule has 0 saturated carbocycles. The van der Waals surface area contributed by atoms with Crippen molar-refractivity contribution in [1.29, 1.82) is 0 Å². The molecule has 1 N–H and O–H groups in total. The maximum Gasteiger partial charge on any atom is 0.280 e. The number of carbonyl (C=O) groups excluding carboxylic acids is 3. The summed E-state index contributed by atoms with van der Waals surface area (Å²) in [5, 5.41) is 1.01. The van der Waals surface area contributed by atoms with Gasteiger partial charge in [-0.25, -0.2) is 10.4 Å². The number of rotatable bonds is 6. The van der Waals surface area contributed by atoms with Gasteiger partial charge < -0.3 is 4.74 Å². The molecule has 2 aliphatic heterocycles. The molecule has 10 heteroatoms. The number of amides is 3. The minimum Gasteiger partial charge on any atom is -0.497 e. The second kappa shape index (κ2) is 11.6. The van der Waals surface area contributed by atoms with Gasteiger partial charge >= 0.3 is 0 Å². The monoisotopic (exact) mass is 592 g/mol. The van der Waals surface area contributed by atoms with E-state index in [4.69, 9.17) is 17.0 Å². The summed E-state index contributed by atoms with van der Waals surface area (Å²) in [4.78, 5) is 46.0. The number of benzene rings is 4. The van der Waals surface area contributed by atoms with E-state index >= 15 is 0 Å². The largest absolute Gasteiger partial charge is 0.497 e. The molecule has 1 fully saturated rings. The molecule has 2 aliphatic rings. The zero-order valence-electron chi connectivity index (χ0n) is 22.4. The number of carbonyl (C=O) groups is 3. The molecule has 4 aromatic rings. The highest BCUT2D eigenvalue weighted by atomic mass is 32.2. The maximum atomic E-state index is 13.8. The number of ether oxygens (including phenoxy) is 1. The van der Waals surface area contributed by atoms with E-state index < -0.39 is 11.8 Å². The molecule has 208 valence electrons. The van der Waals surface area contributed by atoms with Gasteiger partial charge in [-0.3, -0.25) is 24.2 Å². The quantitative estimate of drug-likeness (QED) is 0.178. The third-order valence-electron chi connectivity index (χ3n) is 6.76. The lowest BCUT2D eigenvalue weighted by Crippen LogP contribution is -2.62. The second-order valence-electron chi connectivity index (χ2n) is 9.33. The van der Waals surface area contributed by atoms with Crippen LogP contribution < -0.4 is 20.0 Å². The number of hydrogen-bond acceptors (Lipinski definition) is 7. The first kappa shape index (κ1) is 27.4. The van der Waals surface area contributed by atoms with E-state index in [1.807, 2.05) is 54.6 Å². The van der Waals surface area contributed by atoms with Gasteiger partial charge in [0, 0.05) is 9.79 Å². The summed E-state index contributed by atoms with van der Waals surface area (Å²) >= 11 is 7.24. The molecule has 6 rings (SSSR count). The first-order valence-corrected chi connectivity index (χ1v) is 14.2. The Labute approximate surface area is 252 Å². The smallest absolute Gasteiger partial charge is 0.280 e. The first-order chi connectivity index (χ1) is 20.5. The van der Waals surface area contributed by atoms with E-state index in [1.54, 1.807) is 72.3 Å². The third kappa shape index (κ3) is 5.07. The number of nitrogens with zero attached hydrogens (tertiary/aromatic N) is 3. The fourth-order valence-electron chi connectivity index (χ4n) is 4.74. The van der Waals surface area contributed by atoms with Crippen molar-refractivity contribution < 1.29 is 19.1 Å². The van der Waals surface area contributed by atoms with E-state index in [1.165, 1.54) is 11.0 Å². The van der Waals surface area contributed by atoms with Crippen LogP contribution in [0.1, 0.15) is 5.56 Å². The van der Waals surface area contributed by atoms with E-state index in [0.717, 1.165) is 26.2 Å².